The Hall–Kier alpha value is -3.64. The highest BCUT2D eigenvalue weighted by atomic mass is 35.5. The average molecular weight is 563 g/mol. The molecule has 0 radical (unpaired) electrons. The molecule has 0 aliphatic carbocycles. The second-order valence-corrected chi connectivity index (χ2v) is 11.7. The van der Waals surface area contributed by atoms with Crippen molar-refractivity contribution in [2.45, 2.75) is 65.5 Å². The lowest BCUT2D eigenvalue weighted by atomic mass is 9.85. The molecule has 40 heavy (non-hydrogen) atoms. The van der Waals surface area contributed by atoms with Crippen molar-refractivity contribution in [3.05, 3.63) is 95.0 Å². The molecule has 3 aromatic carbocycles. The van der Waals surface area contributed by atoms with Gasteiger partial charge in [0.1, 0.15) is 6.04 Å². The Morgan fingerprint density at radius 3 is 2.08 bits per heavy atom. The minimum Gasteiger partial charge on any atom is -0.481 e. The van der Waals surface area contributed by atoms with Crippen LogP contribution in [0.15, 0.2) is 78.9 Å². The van der Waals surface area contributed by atoms with Crippen molar-refractivity contribution in [1.82, 2.24) is 10.6 Å². The molecule has 3 aromatic rings. The molecule has 212 valence electrons. The third kappa shape index (κ3) is 8.95. The van der Waals surface area contributed by atoms with Crippen molar-refractivity contribution in [3.8, 4) is 11.1 Å². The van der Waals surface area contributed by atoms with Crippen molar-refractivity contribution >= 4 is 29.4 Å². The fraction of sp³-hybridized carbons (Fsp3) is 0.364. The number of carboxylic acid groups (broad SMARTS) is 1. The van der Waals surface area contributed by atoms with E-state index < -0.39 is 29.3 Å². The molecule has 0 spiro atoms. The molecule has 0 fully saturated rings. The summed E-state index contributed by atoms with van der Waals surface area (Å²) in [5, 5.41) is 16.0. The van der Waals surface area contributed by atoms with E-state index >= 15 is 0 Å². The Morgan fingerprint density at radius 2 is 1.50 bits per heavy atom. The summed E-state index contributed by atoms with van der Waals surface area (Å²) in [6.45, 7) is 7.51. The minimum absolute atomic E-state index is 0.245. The molecule has 0 aliphatic heterocycles. The minimum atomic E-state index is -1.05. The van der Waals surface area contributed by atoms with E-state index in [4.69, 9.17) is 11.6 Å². The van der Waals surface area contributed by atoms with Crippen molar-refractivity contribution in [1.29, 1.82) is 0 Å². The van der Waals surface area contributed by atoms with Crippen LogP contribution in [0.4, 0.5) is 0 Å². The second kappa shape index (κ2) is 14.1. The summed E-state index contributed by atoms with van der Waals surface area (Å²) in [5.41, 5.74) is 3.37. The third-order valence-electron chi connectivity index (χ3n) is 7.00. The van der Waals surface area contributed by atoms with Crippen LogP contribution >= 0.6 is 11.6 Å². The number of aliphatic carboxylic acids is 1. The number of nitrogens with one attached hydrogen (secondary N) is 2. The first kappa shape index (κ1) is 30.9. The number of carboxylic acids is 1. The predicted molar refractivity (Wildman–Crippen MR) is 160 cm³/mol. The maximum Gasteiger partial charge on any atom is 0.304 e. The number of rotatable bonds is 12. The van der Waals surface area contributed by atoms with Gasteiger partial charge in [-0.2, -0.15) is 0 Å². The van der Waals surface area contributed by atoms with E-state index in [0.717, 1.165) is 22.3 Å². The normalized spacial score (nSPS) is 13.6. The summed E-state index contributed by atoms with van der Waals surface area (Å²) in [6, 6.07) is 24.3. The Morgan fingerprint density at radius 1 is 0.875 bits per heavy atom. The lowest BCUT2D eigenvalue weighted by Gasteiger charge is -2.32. The molecule has 0 aromatic heterocycles. The highest BCUT2D eigenvalue weighted by Crippen LogP contribution is 2.29. The maximum absolute atomic E-state index is 13.3. The molecule has 0 saturated carbocycles. The quantitative estimate of drug-likeness (QED) is 0.225. The molecule has 2 amide bonds. The van der Waals surface area contributed by atoms with Crippen LogP contribution in [0, 0.1) is 11.3 Å². The van der Waals surface area contributed by atoms with Crippen LogP contribution in [-0.2, 0) is 20.8 Å². The van der Waals surface area contributed by atoms with E-state index in [9.17, 15) is 19.5 Å². The number of hydrogen-bond acceptors (Lipinski definition) is 3. The van der Waals surface area contributed by atoms with Gasteiger partial charge in [-0.25, -0.2) is 0 Å². The summed E-state index contributed by atoms with van der Waals surface area (Å²) in [5.74, 6) is -2.55. The van der Waals surface area contributed by atoms with Gasteiger partial charge in [0.25, 0.3) is 0 Å². The predicted octanol–water partition coefficient (Wildman–Crippen LogP) is 6.83. The van der Waals surface area contributed by atoms with Gasteiger partial charge in [0.05, 0.1) is 12.5 Å². The zero-order valence-electron chi connectivity index (χ0n) is 23.6. The topological polar surface area (TPSA) is 95.5 Å². The number of hydrogen-bond donors (Lipinski definition) is 3. The van der Waals surface area contributed by atoms with Gasteiger partial charge in [0, 0.05) is 16.5 Å². The van der Waals surface area contributed by atoms with Crippen LogP contribution in [0.5, 0.6) is 0 Å². The number of aryl methyl sites for hydroxylation is 1. The molecular formula is C33H39ClN2O4. The Kier molecular flexibility index (Phi) is 10.9. The standard InChI is InChI=1S/C33H39ClN2O4/c1-22(24-13-7-5-8-14-24)35-32(40)30(33(2,3)4)36-31(39)26(21-29(37)38)17-11-12-23-18-19-27(28(34)20-23)25-15-9-6-10-16-25/h5-10,13-16,18-20,22,26,30H,11-12,17,21H2,1-4H3,(H,35,40)(H,36,39)(H,37,38). The summed E-state index contributed by atoms with van der Waals surface area (Å²) < 4.78 is 0. The monoisotopic (exact) mass is 562 g/mol. The zero-order valence-corrected chi connectivity index (χ0v) is 24.4. The largest absolute Gasteiger partial charge is 0.481 e. The lowest BCUT2D eigenvalue weighted by molar-refractivity contribution is -0.142. The van der Waals surface area contributed by atoms with Crippen molar-refractivity contribution < 1.29 is 19.5 Å². The Labute approximate surface area is 242 Å². The molecule has 6 nitrogen and oxygen atoms in total. The van der Waals surface area contributed by atoms with Crippen LogP contribution < -0.4 is 10.6 Å². The van der Waals surface area contributed by atoms with Gasteiger partial charge >= 0.3 is 5.97 Å². The third-order valence-corrected chi connectivity index (χ3v) is 7.31. The van der Waals surface area contributed by atoms with Gasteiger partial charge in [-0.3, -0.25) is 14.4 Å². The number of benzene rings is 3. The van der Waals surface area contributed by atoms with E-state index in [2.05, 4.69) is 10.6 Å². The highest BCUT2D eigenvalue weighted by molar-refractivity contribution is 6.33. The van der Waals surface area contributed by atoms with E-state index in [-0.39, 0.29) is 18.4 Å². The first-order valence-electron chi connectivity index (χ1n) is 13.7. The SMILES string of the molecule is CC(NC(=O)C(NC(=O)C(CCCc1ccc(-c2ccccc2)c(Cl)c1)CC(=O)O)C(C)(C)C)c1ccccc1. The Balaban J connectivity index is 1.65. The van der Waals surface area contributed by atoms with Crippen LogP contribution in [0.25, 0.3) is 11.1 Å². The fourth-order valence-electron chi connectivity index (χ4n) is 4.71. The van der Waals surface area contributed by atoms with Crippen LogP contribution in [0.1, 0.15) is 64.1 Å². The Bertz CT molecular complexity index is 1290. The summed E-state index contributed by atoms with van der Waals surface area (Å²) in [6.07, 6.45) is 1.31. The molecule has 3 atom stereocenters. The molecular weight excluding hydrogens is 524 g/mol. The van der Waals surface area contributed by atoms with E-state index in [0.29, 0.717) is 24.3 Å². The molecule has 0 saturated heterocycles. The average Bonchev–Trinajstić information content (AvgIpc) is 2.91. The number of amides is 2. The number of carbonyl (C=O) groups is 3. The molecule has 0 aliphatic rings. The molecule has 7 heteroatoms. The summed E-state index contributed by atoms with van der Waals surface area (Å²) >= 11 is 6.55. The number of halogens is 1. The van der Waals surface area contributed by atoms with Gasteiger partial charge < -0.3 is 15.7 Å². The van der Waals surface area contributed by atoms with Crippen LogP contribution in [0.2, 0.25) is 5.02 Å². The molecule has 3 rings (SSSR count). The molecule has 3 N–H and O–H groups in total. The van der Waals surface area contributed by atoms with Crippen molar-refractivity contribution in [2.24, 2.45) is 11.3 Å². The van der Waals surface area contributed by atoms with Gasteiger partial charge in [0.15, 0.2) is 0 Å². The summed E-state index contributed by atoms with van der Waals surface area (Å²) in [7, 11) is 0. The van der Waals surface area contributed by atoms with E-state index in [1.807, 2.05) is 107 Å². The van der Waals surface area contributed by atoms with Crippen LogP contribution in [-0.4, -0.2) is 28.9 Å². The van der Waals surface area contributed by atoms with Gasteiger partial charge in [-0.05, 0) is 54.4 Å². The van der Waals surface area contributed by atoms with Gasteiger partial charge in [0.2, 0.25) is 11.8 Å². The highest BCUT2D eigenvalue weighted by Gasteiger charge is 2.35. The molecule has 0 bridgehead atoms. The fourth-order valence-corrected chi connectivity index (χ4v) is 5.02. The zero-order chi connectivity index (χ0) is 29.3. The smallest absolute Gasteiger partial charge is 0.304 e. The second-order valence-electron chi connectivity index (χ2n) is 11.3. The van der Waals surface area contributed by atoms with Gasteiger partial charge in [-0.1, -0.05) is 105 Å². The maximum atomic E-state index is 13.3. The summed E-state index contributed by atoms with van der Waals surface area (Å²) in [4.78, 5) is 38.2. The van der Waals surface area contributed by atoms with Crippen molar-refractivity contribution in [2.75, 3.05) is 0 Å². The lowest BCUT2D eigenvalue weighted by Crippen LogP contribution is -2.55. The van der Waals surface area contributed by atoms with E-state index in [1.165, 1.54) is 0 Å². The molecule has 3 unspecified atom stereocenters. The van der Waals surface area contributed by atoms with Crippen molar-refractivity contribution in [3.63, 3.8) is 0 Å². The van der Waals surface area contributed by atoms with Crippen LogP contribution in [0.3, 0.4) is 0 Å². The van der Waals surface area contributed by atoms with Gasteiger partial charge in [-0.15, -0.1) is 0 Å². The first-order chi connectivity index (χ1) is 19.0. The van der Waals surface area contributed by atoms with E-state index in [1.54, 1.807) is 0 Å². The number of carbonyl (C=O) groups excluding carboxylic acids is 2. The first-order valence-corrected chi connectivity index (χ1v) is 14.0. The molecule has 0 heterocycles.